The summed E-state index contributed by atoms with van der Waals surface area (Å²) in [5.41, 5.74) is 3.58. The number of aliphatic hydroxyl groups is 1. The zero-order valence-corrected chi connectivity index (χ0v) is 13.3. The molecular formula is C20H22N2O. The minimum atomic E-state index is -0.535. The van der Waals surface area contributed by atoms with E-state index in [0.29, 0.717) is 0 Å². The van der Waals surface area contributed by atoms with Crippen molar-refractivity contribution in [2.24, 2.45) is 0 Å². The fourth-order valence-electron chi connectivity index (χ4n) is 2.77. The minimum absolute atomic E-state index is 0.0346. The van der Waals surface area contributed by atoms with Gasteiger partial charge in [0.25, 0.3) is 0 Å². The predicted octanol–water partition coefficient (Wildman–Crippen LogP) is 3.96. The first kappa shape index (κ1) is 15.5. The maximum atomic E-state index is 10.5. The summed E-state index contributed by atoms with van der Waals surface area (Å²) >= 11 is 0. The van der Waals surface area contributed by atoms with Gasteiger partial charge in [-0.3, -0.25) is 0 Å². The van der Waals surface area contributed by atoms with Crippen LogP contribution in [0.2, 0.25) is 0 Å². The van der Waals surface area contributed by atoms with Crippen LogP contribution in [0.25, 0.3) is 0 Å². The second-order valence-corrected chi connectivity index (χ2v) is 5.92. The summed E-state index contributed by atoms with van der Waals surface area (Å²) in [7, 11) is 0. The molecule has 0 amide bonds. The number of aryl methyl sites for hydroxylation is 2. The Balaban J connectivity index is 1.62. The van der Waals surface area contributed by atoms with Crippen LogP contribution in [0.5, 0.6) is 0 Å². The largest absolute Gasteiger partial charge is 0.386 e. The minimum Gasteiger partial charge on any atom is -0.386 e. The molecule has 0 saturated carbocycles. The van der Waals surface area contributed by atoms with Crippen molar-refractivity contribution < 1.29 is 5.11 Å². The standard InChI is InChI=1S/C20H22N2O/c1-16(22-14-13-21-15-22)20(23)19-11-9-18(10-12-19)8-7-17-5-3-2-4-6-17/h2-6,9-16,20,23H,7-8H2,1H3. The van der Waals surface area contributed by atoms with Crippen molar-refractivity contribution in [3.63, 3.8) is 0 Å². The molecule has 0 spiro atoms. The molecule has 1 N–H and O–H groups in total. The summed E-state index contributed by atoms with van der Waals surface area (Å²) in [5, 5.41) is 10.5. The maximum absolute atomic E-state index is 10.5. The van der Waals surface area contributed by atoms with E-state index in [1.54, 1.807) is 12.5 Å². The number of aliphatic hydroxyl groups excluding tert-OH is 1. The van der Waals surface area contributed by atoms with Crippen LogP contribution in [0.3, 0.4) is 0 Å². The molecule has 2 unspecified atom stereocenters. The van der Waals surface area contributed by atoms with Crippen molar-refractivity contribution in [1.29, 1.82) is 0 Å². The van der Waals surface area contributed by atoms with Crippen molar-refractivity contribution in [2.45, 2.75) is 31.9 Å². The monoisotopic (exact) mass is 306 g/mol. The van der Waals surface area contributed by atoms with E-state index >= 15 is 0 Å². The van der Waals surface area contributed by atoms with Crippen molar-refractivity contribution in [3.05, 3.63) is 90.0 Å². The van der Waals surface area contributed by atoms with Crippen molar-refractivity contribution in [2.75, 3.05) is 0 Å². The van der Waals surface area contributed by atoms with Crippen LogP contribution < -0.4 is 0 Å². The molecule has 2 aromatic carbocycles. The molecule has 0 radical (unpaired) electrons. The van der Waals surface area contributed by atoms with E-state index < -0.39 is 6.10 Å². The third kappa shape index (κ3) is 3.88. The van der Waals surface area contributed by atoms with Gasteiger partial charge < -0.3 is 9.67 Å². The Morgan fingerprint density at radius 2 is 1.61 bits per heavy atom. The summed E-state index contributed by atoms with van der Waals surface area (Å²) in [5.74, 6) is 0. The quantitative estimate of drug-likeness (QED) is 0.748. The van der Waals surface area contributed by atoms with E-state index in [2.05, 4.69) is 41.4 Å². The van der Waals surface area contributed by atoms with E-state index in [9.17, 15) is 5.11 Å². The highest BCUT2D eigenvalue weighted by molar-refractivity contribution is 5.26. The Morgan fingerprint density at radius 1 is 0.957 bits per heavy atom. The molecule has 118 valence electrons. The second-order valence-electron chi connectivity index (χ2n) is 5.92. The third-order valence-corrected chi connectivity index (χ3v) is 4.32. The summed E-state index contributed by atoms with van der Waals surface area (Å²) in [6.45, 7) is 2.00. The molecule has 3 nitrogen and oxygen atoms in total. The Morgan fingerprint density at radius 3 is 2.22 bits per heavy atom. The van der Waals surface area contributed by atoms with Crippen LogP contribution in [0.15, 0.2) is 73.3 Å². The van der Waals surface area contributed by atoms with E-state index in [0.717, 1.165) is 18.4 Å². The fraction of sp³-hybridized carbons (Fsp3) is 0.250. The summed E-state index contributed by atoms with van der Waals surface area (Å²) in [6, 6.07) is 18.8. The molecule has 3 heteroatoms. The van der Waals surface area contributed by atoms with Gasteiger partial charge in [0.2, 0.25) is 0 Å². The lowest BCUT2D eigenvalue weighted by Gasteiger charge is -2.20. The van der Waals surface area contributed by atoms with Gasteiger partial charge >= 0.3 is 0 Å². The molecule has 3 aromatic rings. The first-order chi connectivity index (χ1) is 11.2. The lowest BCUT2D eigenvalue weighted by molar-refractivity contribution is 0.122. The molecule has 2 atom stereocenters. The van der Waals surface area contributed by atoms with Gasteiger partial charge in [-0.1, -0.05) is 54.6 Å². The lowest BCUT2D eigenvalue weighted by Crippen LogP contribution is -2.13. The number of imidazole rings is 1. The van der Waals surface area contributed by atoms with E-state index in [1.165, 1.54) is 11.1 Å². The van der Waals surface area contributed by atoms with Gasteiger partial charge in [0.1, 0.15) is 0 Å². The van der Waals surface area contributed by atoms with Crippen LogP contribution in [0.4, 0.5) is 0 Å². The van der Waals surface area contributed by atoms with Crippen molar-refractivity contribution >= 4 is 0 Å². The second kappa shape index (κ2) is 7.25. The van der Waals surface area contributed by atoms with Crippen LogP contribution >= 0.6 is 0 Å². The summed E-state index contributed by atoms with van der Waals surface area (Å²) in [4.78, 5) is 4.04. The SMILES string of the molecule is CC(C(O)c1ccc(CCc2ccccc2)cc1)n1ccnc1. The Kier molecular flexibility index (Phi) is 4.89. The molecule has 0 aliphatic rings. The van der Waals surface area contributed by atoms with Crippen LogP contribution in [-0.2, 0) is 12.8 Å². The average Bonchev–Trinajstić information content (AvgIpc) is 3.15. The highest BCUT2D eigenvalue weighted by atomic mass is 16.3. The molecule has 0 fully saturated rings. The molecule has 0 saturated heterocycles. The number of nitrogens with zero attached hydrogens (tertiary/aromatic N) is 2. The van der Waals surface area contributed by atoms with Crippen LogP contribution in [0.1, 0.15) is 35.8 Å². The van der Waals surface area contributed by atoms with Crippen molar-refractivity contribution in [1.82, 2.24) is 9.55 Å². The van der Waals surface area contributed by atoms with E-state index in [1.807, 2.05) is 35.9 Å². The van der Waals surface area contributed by atoms with Gasteiger partial charge in [-0.2, -0.15) is 0 Å². The zero-order chi connectivity index (χ0) is 16.1. The molecule has 1 heterocycles. The first-order valence-corrected chi connectivity index (χ1v) is 8.02. The van der Waals surface area contributed by atoms with E-state index in [-0.39, 0.29) is 6.04 Å². The predicted molar refractivity (Wildman–Crippen MR) is 92.2 cm³/mol. The summed E-state index contributed by atoms with van der Waals surface area (Å²) < 4.78 is 1.92. The van der Waals surface area contributed by atoms with Crippen molar-refractivity contribution in [3.8, 4) is 0 Å². The average molecular weight is 306 g/mol. The number of hydrogen-bond acceptors (Lipinski definition) is 2. The lowest BCUT2D eigenvalue weighted by atomic mass is 9.99. The summed E-state index contributed by atoms with van der Waals surface area (Å²) in [6.07, 6.45) is 6.86. The molecule has 1 aromatic heterocycles. The highest BCUT2D eigenvalue weighted by Gasteiger charge is 2.17. The first-order valence-electron chi connectivity index (χ1n) is 8.02. The van der Waals surface area contributed by atoms with E-state index in [4.69, 9.17) is 0 Å². The highest BCUT2D eigenvalue weighted by Crippen LogP contribution is 2.26. The third-order valence-electron chi connectivity index (χ3n) is 4.32. The molecular weight excluding hydrogens is 284 g/mol. The Labute approximate surface area is 137 Å². The molecule has 0 bridgehead atoms. The van der Waals surface area contributed by atoms with Crippen LogP contribution in [0, 0.1) is 0 Å². The van der Waals surface area contributed by atoms with Gasteiger partial charge in [-0.15, -0.1) is 0 Å². The molecule has 0 aliphatic heterocycles. The van der Waals surface area contributed by atoms with Gasteiger partial charge in [0, 0.05) is 12.4 Å². The number of aromatic nitrogens is 2. The van der Waals surface area contributed by atoms with Gasteiger partial charge in [-0.25, -0.2) is 4.98 Å². The van der Waals surface area contributed by atoms with Crippen LogP contribution in [-0.4, -0.2) is 14.7 Å². The normalized spacial score (nSPS) is 13.7. The van der Waals surface area contributed by atoms with Gasteiger partial charge in [-0.05, 0) is 36.5 Å². The molecule has 0 aliphatic carbocycles. The molecule has 23 heavy (non-hydrogen) atoms. The Hall–Kier alpha value is -2.39. The Bertz CT molecular complexity index is 705. The fourth-order valence-corrected chi connectivity index (χ4v) is 2.77. The van der Waals surface area contributed by atoms with Gasteiger partial charge in [0.05, 0.1) is 18.5 Å². The maximum Gasteiger partial charge on any atom is 0.0994 e. The number of hydrogen-bond donors (Lipinski definition) is 1. The number of rotatable bonds is 6. The zero-order valence-electron chi connectivity index (χ0n) is 13.3. The number of benzene rings is 2. The van der Waals surface area contributed by atoms with Gasteiger partial charge in [0.15, 0.2) is 0 Å². The molecule has 3 rings (SSSR count). The topological polar surface area (TPSA) is 38.0 Å². The smallest absolute Gasteiger partial charge is 0.0994 e.